The lowest BCUT2D eigenvalue weighted by Crippen LogP contribution is -2.32. The third kappa shape index (κ3) is 4.82. The molecule has 1 aromatic heterocycles. The van der Waals surface area contributed by atoms with E-state index in [-0.39, 0.29) is 12.3 Å². The molecule has 0 N–H and O–H groups in total. The number of pyridine rings is 1. The molecule has 146 valence electrons. The summed E-state index contributed by atoms with van der Waals surface area (Å²) < 4.78 is 32.5. The third-order valence-corrected chi connectivity index (χ3v) is 6.25. The molecule has 0 fully saturated rings. The fourth-order valence-electron chi connectivity index (χ4n) is 2.64. The predicted octanol–water partition coefficient (Wildman–Crippen LogP) is 5.19. The number of sulfonamides is 1. The maximum atomic E-state index is 12.7. The molecule has 5 nitrogen and oxygen atoms in total. The number of hydrogen-bond acceptors (Lipinski definition) is 4. The normalized spacial score (nSPS) is 11.2. The van der Waals surface area contributed by atoms with Gasteiger partial charge in [0.2, 0.25) is 10.0 Å². The molecule has 0 saturated carbocycles. The lowest BCUT2D eigenvalue weighted by atomic mass is 10.2. The Balaban J connectivity index is 1.88. The van der Waals surface area contributed by atoms with Crippen LogP contribution in [0.15, 0.2) is 66.7 Å². The van der Waals surface area contributed by atoms with E-state index in [0.717, 1.165) is 5.69 Å². The molecule has 28 heavy (non-hydrogen) atoms. The van der Waals surface area contributed by atoms with Gasteiger partial charge in [0.25, 0.3) is 0 Å². The first kappa shape index (κ1) is 20.2. The molecule has 2 aromatic carbocycles. The Morgan fingerprint density at radius 1 is 0.964 bits per heavy atom. The van der Waals surface area contributed by atoms with Crippen molar-refractivity contribution in [1.29, 1.82) is 0 Å². The third-order valence-electron chi connectivity index (χ3n) is 4.18. The van der Waals surface area contributed by atoms with Crippen LogP contribution in [-0.2, 0) is 16.6 Å². The van der Waals surface area contributed by atoms with E-state index in [1.807, 2.05) is 43.3 Å². The van der Waals surface area contributed by atoms with Gasteiger partial charge >= 0.3 is 0 Å². The second kappa shape index (κ2) is 8.63. The molecule has 3 rings (SSSR count). The van der Waals surface area contributed by atoms with Crippen molar-refractivity contribution in [2.45, 2.75) is 20.4 Å². The first-order valence-electron chi connectivity index (χ1n) is 8.84. The van der Waals surface area contributed by atoms with E-state index in [2.05, 4.69) is 4.98 Å². The molecule has 3 aromatic rings. The second-order valence-electron chi connectivity index (χ2n) is 6.22. The number of aromatic nitrogens is 1. The lowest BCUT2D eigenvalue weighted by molar-refractivity contribution is 0.482. The number of anilines is 1. The maximum Gasteiger partial charge on any atom is 0.235 e. The van der Waals surface area contributed by atoms with Gasteiger partial charge in [0.15, 0.2) is 0 Å². The van der Waals surface area contributed by atoms with E-state index in [9.17, 15) is 8.42 Å². The number of ether oxygens (including phenoxy) is 1. The van der Waals surface area contributed by atoms with Crippen LogP contribution in [0.4, 0.5) is 5.69 Å². The quantitative estimate of drug-likeness (QED) is 0.497. The number of hydrogen-bond donors (Lipinski definition) is 0. The molecule has 0 spiro atoms. The van der Waals surface area contributed by atoms with Crippen molar-refractivity contribution in [2.24, 2.45) is 0 Å². The smallest absolute Gasteiger partial charge is 0.235 e. The summed E-state index contributed by atoms with van der Waals surface area (Å²) in [4.78, 5) is 4.21. The van der Waals surface area contributed by atoms with Gasteiger partial charge in [-0.05, 0) is 56.3 Å². The number of rotatable bonds is 7. The van der Waals surface area contributed by atoms with Crippen molar-refractivity contribution in [3.05, 3.63) is 83.1 Å². The van der Waals surface area contributed by atoms with Crippen LogP contribution in [0.3, 0.4) is 0 Å². The Morgan fingerprint density at radius 2 is 1.61 bits per heavy atom. The molecule has 0 saturated heterocycles. The second-order valence-corrected chi connectivity index (χ2v) is 8.76. The molecule has 0 aliphatic carbocycles. The van der Waals surface area contributed by atoms with Crippen LogP contribution in [0.25, 0.3) is 0 Å². The van der Waals surface area contributed by atoms with Crippen LogP contribution in [0, 0.1) is 6.92 Å². The summed E-state index contributed by atoms with van der Waals surface area (Å²) >= 11 is 6.22. The summed E-state index contributed by atoms with van der Waals surface area (Å²) in [6, 6.07) is 19.9. The molecular weight excluding hydrogens is 396 g/mol. The van der Waals surface area contributed by atoms with Gasteiger partial charge in [-0.15, -0.1) is 0 Å². The summed E-state index contributed by atoms with van der Waals surface area (Å²) in [6.07, 6.45) is 0. The fraction of sp³-hybridized carbons (Fsp3) is 0.190. The highest BCUT2D eigenvalue weighted by atomic mass is 35.5. The number of para-hydroxylation sites is 1. The monoisotopic (exact) mass is 416 g/mol. The van der Waals surface area contributed by atoms with Crippen LogP contribution in [-0.4, -0.2) is 19.2 Å². The van der Waals surface area contributed by atoms with Crippen molar-refractivity contribution in [2.75, 3.05) is 10.1 Å². The Hall–Kier alpha value is -2.57. The lowest BCUT2D eigenvalue weighted by Gasteiger charge is -2.24. The van der Waals surface area contributed by atoms with Crippen LogP contribution in [0.2, 0.25) is 5.15 Å². The number of nitrogens with zero attached hydrogens (tertiary/aromatic N) is 2. The topological polar surface area (TPSA) is 59.5 Å². The average Bonchev–Trinajstić information content (AvgIpc) is 2.69. The zero-order valence-corrected chi connectivity index (χ0v) is 17.2. The summed E-state index contributed by atoms with van der Waals surface area (Å²) in [7, 11) is -3.50. The molecule has 0 radical (unpaired) electrons. The van der Waals surface area contributed by atoms with Gasteiger partial charge < -0.3 is 4.74 Å². The van der Waals surface area contributed by atoms with E-state index in [0.29, 0.717) is 27.9 Å². The SMILES string of the molecule is CCS(=O)(=O)N(Cc1ccc(C)nc1Cl)c1ccc(Oc2ccccc2)cc1. The molecule has 0 amide bonds. The minimum atomic E-state index is -3.50. The van der Waals surface area contributed by atoms with Gasteiger partial charge in [0.05, 0.1) is 18.0 Å². The maximum absolute atomic E-state index is 12.7. The van der Waals surface area contributed by atoms with Crippen LogP contribution in [0.5, 0.6) is 11.5 Å². The van der Waals surface area contributed by atoms with Crippen LogP contribution in [0.1, 0.15) is 18.2 Å². The molecule has 0 bridgehead atoms. The zero-order chi connectivity index (χ0) is 20.1. The van der Waals surface area contributed by atoms with Gasteiger partial charge in [0, 0.05) is 11.3 Å². The van der Waals surface area contributed by atoms with Crippen LogP contribution < -0.4 is 9.04 Å². The van der Waals surface area contributed by atoms with Gasteiger partial charge in [-0.25, -0.2) is 13.4 Å². The molecule has 0 aliphatic rings. The fourth-order valence-corrected chi connectivity index (χ4v) is 3.98. The first-order chi connectivity index (χ1) is 13.4. The highest BCUT2D eigenvalue weighted by Crippen LogP contribution is 2.28. The van der Waals surface area contributed by atoms with Crippen molar-refractivity contribution in [3.63, 3.8) is 0 Å². The van der Waals surface area contributed by atoms with Crippen molar-refractivity contribution in [3.8, 4) is 11.5 Å². The summed E-state index contributed by atoms with van der Waals surface area (Å²) in [5.41, 5.74) is 1.97. The van der Waals surface area contributed by atoms with E-state index in [4.69, 9.17) is 16.3 Å². The molecule has 0 atom stereocenters. The van der Waals surface area contributed by atoms with Crippen molar-refractivity contribution < 1.29 is 13.2 Å². The summed E-state index contributed by atoms with van der Waals surface area (Å²) in [5, 5.41) is 0.306. The highest BCUT2D eigenvalue weighted by molar-refractivity contribution is 7.92. The molecular formula is C21H21ClN2O3S. The van der Waals surface area contributed by atoms with E-state index >= 15 is 0 Å². The van der Waals surface area contributed by atoms with Gasteiger partial charge in [-0.1, -0.05) is 35.9 Å². The van der Waals surface area contributed by atoms with E-state index in [1.165, 1.54) is 4.31 Å². The zero-order valence-electron chi connectivity index (χ0n) is 15.7. The number of aryl methyl sites for hydroxylation is 1. The van der Waals surface area contributed by atoms with E-state index in [1.54, 1.807) is 37.3 Å². The van der Waals surface area contributed by atoms with Crippen molar-refractivity contribution in [1.82, 2.24) is 4.98 Å². The van der Waals surface area contributed by atoms with Gasteiger partial charge in [-0.2, -0.15) is 0 Å². The van der Waals surface area contributed by atoms with E-state index < -0.39 is 10.0 Å². The Kier molecular flexibility index (Phi) is 6.21. The molecule has 0 aliphatic heterocycles. The average molecular weight is 417 g/mol. The molecule has 1 heterocycles. The summed E-state index contributed by atoms with van der Waals surface area (Å²) in [5.74, 6) is 1.32. The predicted molar refractivity (Wildman–Crippen MR) is 113 cm³/mol. The Bertz CT molecular complexity index is 1040. The van der Waals surface area contributed by atoms with Gasteiger partial charge in [0.1, 0.15) is 16.7 Å². The Labute approximate surface area is 170 Å². The number of halogens is 1. The first-order valence-corrected chi connectivity index (χ1v) is 10.8. The Morgan fingerprint density at radius 3 is 2.21 bits per heavy atom. The van der Waals surface area contributed by atoms with Gasteiger partial charge in [-0.3, -0.25) is 4.31 Å². The molecule has 0 unspecified atom stereocenters. The van der Waals surface area contributed by atoms with Crippen LogP contribution >= 0.6 is 11.6 Å². The standard InChI is InChI=1S/C21H21ClN2O3S/c1-3-28(25,26)24(15-17-10-9-16(2)23-21(17)22)18-11-13-20(14-12-18)27-19-7-5-4-6-8-19/h4-14H,3,15H2,1-2H3. The summed E-state index contributed by atoms with van der Waals surface area (Å²) in [6.45, 7) is 3.56. The largest absolute Gasteiger partial charge is 0.457 e. The minimum Gasteiger partial charge on any atom is -0.457 e. The highest BCUT2D eigenvalue weighted by Gasteiger charge is 2.22. The number of benzene rings is 2. The minimum absolute atomic E-state index is 0.0217. The molecule has 7 heteroatoms. The van der Waals surface area contributed by atoms with Crippen molar-refractivity contribution >= 4 is 27.3 Å².